The van der Waals surface area contributed by atoms with E-state index in [9.17, 15) is 17.6 Å². The Bertz CT molecular complexity index is 1400. The van der Waals surface area contributed by atoms with Crippen LogP contribution in [0.15, 0.2) is 47.4 Å². The fourth-order valence-electron chi connectivity index (χ4n) is 3.88. The number of pyridine rings is 1. The van der Waals surface area contributed by atoms with E-state index in [0.29, 0.717) is 16.6 Å². The van der Waals surface area contributed by atoms with E-state index in [1.54, 1.807) is 25.1 Å². The van der Waals surface area contributed by atoms with E-state index < -0.39 is 44.3 Å². The van der Waals surface area contributed by atoms with Crippen molar-refractivity contribution in [2.75, 3.05) is 20.2 Å². The number of fused-ring (bicyclic) bond motifs is 1. The van der Waals surface area contributed by atoms with Crippen LogP contribution in [-0.4, -0.2) is 50.0 Å². The first kappa shape index (κ1) is 23.9. The van der Waals surface area contributed by atoms with Gasteiger partial charge >= 0.3 is 5.97 Å². The first-order valence-electron chi connectivity index (χ1n) is 10.4. The minimum atomic E-state index is -4.23. The van der Waals surface area contributed by atoms with Crippen LogP contribution in [0.5, 0.6) is 0 Å². The van der Waals surface area contributed by atoms with Crippen molar-refractivity contribution in [1.29, 1.82) is 0 Å². The summed E-state index contributed by atoms with van der Waals surface area (Å²) in [5.41, 5.74) is 1.28. The molecule has 2 heterocycles. The van der Waals surface area contributed by atoms with E-state index in [1.807, 2.05) is 0 Å². The van der Waals surface area contributed by atoms with Gasteiger partial charge in [0, 0.05) is 24.6 Å². The zero-order valence-corrected chi connectivity index (χ0v) is 19.2. The van der Waals surface area contributed by atoms with E-state index in [0.717, 1.165) is 21.8 Å². The van der Waals surface area contributed by atoms with E-state index in [4.69, 9.17) is 0 Å². The molecule has 34 heavy (non-hydrogen) atoms. The summed E-state index contributed by atoms with van der Waals surface area (Å²) in [7, 11) is -2.98. The summed E-state index contributed by atoms with van der Waals surface area (Å²) < 4.78 is 74.4. The van der Waals surface area contributed by atoms with Gasteiger partial charge in [-0.05, 0) is 54.8 Å². The molecule has 4 rings (SSSR count). The topological polar surface area (TPSA) is 76.6 Å². The number of ether oxygens (including phenoxy) is 1. The normalized spacial score (nSPS) is 17.0. The lowest BCUT2D eigenvalue weighted by Gasteiger charge is -2.16. The second kappa shape index (κ2) is 9.19. The van der Waals surface area contributed by atoms with Gasteiger partial charge in [-0.2, -0.15) is 4.31 Å². The van der Waals surface area contributed by atoms with Crippen molar-refractivity contribution in [3.8, 4) is 11.3 Å². The number of hydrogen-bond donors (Lipinski definition) is 0. The third-order valence-corrected chi connectivity index (χ3v) is 7.50. The summed E-state index contributed by atoms with van der Waals surface area (Å²) >= 11 is 0. The Kier molecular flexibility index (Phi) is 6.46. The van der Waals surface area contributed by atoms with Crippen LogP contribution in [0, 0.1) is 18.6 Å². The average molecular weight is 491 g/mol. The highest BCUT2D eigenvalue weighted by Gasteiger charge is 2.33. The number of esters is 1. The molecule has 0 aliphatic carbocycles. The van der Waals surface area contributed by atoms with Crippen molar-refractivity contribution >= 4 is 33.0 Å². The number of methoxy groups -OCH3 is 1. The van der Waals surface area contributed by atoms with Crippen molar-refractivity contribution in [3.63, 3.8) is 0 Å². The number of aromatic nitrogens is 1. The second-order valence-corrected chi connectivity index (χ2v) is 9.91. The fourth-order valence-corrected chi connectivity index (χ4v) is 5.39. The Morgan fingerprint density at radius 2 is 1.88 bits per heavy atom. The van der Waals surface area contributed by atoms with Gasteiger partial charge < -0.3 is 4.74 Å². The lowest BCUT2D eigenvalue weighted by molar-refractivity contribution is -0.134. The first-order valence-corrected chi connectivity index (χ1v) is 11.8. The highest BCUT2D eigenvalue weighted by molar-refractivity contribution is 7.89. The maximum atomic E-state index is 15.1. The number of carbonyl (C=O) groups is 1. The number of sulfonamides is 1. The molecule has 0 unspecified atom stereocenters. The van der Waals surface area contributed by atoms with E-state index in [-0.39, 0.29) is 25.2 Å². The maximum Gasteiger partial charge on any atom is 0.330 e. The molecule has 0 spiro atoms. The number of aryl methyl sites for hydroxylation is 1. The predicted octanol–water partition coefficient (Wildman–Crippen LogP) is 4.41. The fraction of sp³-hybridized carbons (Fsp3) is 0.250. The van der Waals surface area contributed by atoms with E-state index in [2.05, 4.69) is 9.72 Å². The standard InChI is InChI=1S/C24H21F3N2O4S/c1-14-9-22(28-21-10-15(3-5-18(14)21)4-6-23(30)33-2)24-19(26)11-17(12-20(24)27)34(31,32)29-8-7-16(25)13-29/h3-6,9-12,16H,7-8,13H2,1-2H3/b6-4+/t16-/m0/s1. The van der Waals surface area contributed by atoms with E-state index in [1.165, 1.54) is 25.3 Å². The highest BCUT2D eigenvalue weighted by atomic mass is 32.2. The van der Waals surface area contributed by atoms with Gasteiger partial charge in [0.1, 0.15) is 17.8 Å². The van der Waals surface area contributed by atoms with E-state index >= 15 is 8.78 Å². The number of alkyl halides is 1. The molecule has 1 aliphatic heterocycles. The SMILES string of the molecule is COC(=O)/C=C/c1ccc2c(C)cc(-c3c(F)cc(S(=O)(=O)N4CC[C@H](F)C4)cc3F)nc2c1. The smallest absolute Gasteiger partial charge is 0.330 e. The molecule has 0 bridgehead atoms. The zero-order valence-electron chi connectivity index (χ0n) is 18.4. The minimum Gasteiger partial charge on any atom is -0.466 e. The van der Waals surface area contributed by atoms with Crippen molar-refractivity contribution in [2.45, 2.75) is 24.4 Å². The average Bonchev–Trinajstić information content (AvgIpc) is 3.24. The van der Waals surface area contributed by atoms with Crippen molar-refractivity contribution in [1.82, 2.24) is 9.29 Å². The Labute approximate surface area is 194 Å². The Morgan fingerprint density at radius 1 is 1.18 bits per heavy atom. The highest BCUT2D eigenvalue weighted by Crippen LogP contribution is 2.32. The van der Waals surface area contributed by atoms with Gasteiger partial charge in [0.05, 0.1) is 28.8 Å². The molecule has 0 radical (unpaired) electrons. The Balaban J connectivity index is 1.76. The third kappa shape index (κ3) is 4.55. The molecule has 1 atom stereocenters. The van der Waals surface area contributed by atoms with Crippen LogP contribution in [0.2, 0.25) is 0 Å². The number of halogens is 3. The first-order chi connectivity index (χ1) is 16.1. The van der Waals surface area contributed by atoms with Crippen molar-refractivity contribution in [3.05, 3.63) is 65.2 Å². The van der Waals surface area contributed by atoms with Gasteiger partial charge in [-0.3, -0.25) is 0 Å². The molecule has 0 amide bonds. The summed E-state index contributed by atoms with van der Waals surface area (Å²) in [6, 6.07) is 8.16. The number of benzene rings is 2. The second-order valence-electron chi connectivity index (χ2n) is 7.97. The zero-order chi connectivity index (χ0) is 24.6. The van der Waals surface area contributed by atoms with Crippen molar-refractivity contribution in [2.24, 2.45) is 0 Å². The van der Waals surface area contributed by atoms with Crippen LogP contribution >= 0.6 is 0 Å². The van der Waals surface area contributed by atoms with Crippen LogP contribution in [0.1, 0.15) is 17.5 Å². The monoisotopic (exact) mass is 490 g/mol. The Morgan fingerprint density at radius 3 is 2.50 bits per heavy atom. The predicted molar refractivity (Wildman–Crippen MR) is 121 cm³/mol. The molecule has 2 aromatic carbocycles. The summed E-state index contributed by atoms with van der Waals surface area (Å²) in [5.74, 6) is -2.72. The summed E-state index contributed by atoms with van der Waals surface area (Å²) in [5, 5.41) is 0.744. The minimum absolute atomic E-state index is 0.0111. The molecule has 178 valence electrons. The maximum absolute atomic E-state index is 15.1. The molecule has 1 fully saturated rings. The largest absolute Gasteiger partial charge is 0.466 e. The third-order valence-electron chi connectivity index (χ3n) is 5.66. The summed E-state index contributed by atoms with van der Waals surface area (Å²) in [4.78, 5) is 15.1. The van der Waals surface area contributed by atoms with Gasteiger partial charge in [0.25, 0.3) is 0 Å². The summed E-state index contributed by atoms with van der Waals surface area (Å²) in [6.07, 6.45) is 1.50. The van der Waals surface area contributed by atoms with Gasteiger partial charge in [-0.25, -0.2) is 31.4 Å². The molecule has 1 aliphatic rings. The van der Waals surface area contributed by atoms with Crippen LogP contribution in [0.25, 0.3) is 28.2 Å². The number of nitrogens with zero attached hydrogens (tertiary/aromatic N) is 2. The molecule has 1 aromatic heterocycles. The van der Waals surface area contributed by atoms with Gasteiger partial charge in [-0.15, -0.1) is 0 Å². The van der Waals surface area contributed by atoms with Crippen LogP contribution in [-0.2, 0) is 19.6 Å². The van der Waals surface area contributed by atoms with Gasteiger partial charge in [0.15, 0.2) is 0 Å². The Hall–Kier alpha value is -3.24. The van der Waals surface area contributed by atoms with Crippen LogP contribution < -0.4 is 0 Å². The van der Waals surface area contributed by atoms with Crippen LogP contribution in [0.4, 0.5) is 13.2 Å². The molecule has 1 saturated heterocycles. The van der Waals surface area contributed by atoms with Crippen molar-refractivity contribution < 1.29 is 31.1 Å². The lowest BCUT2D eigenvalue weighted by Crippen LogP contribution is -2.29. The van der Waals surface area contributed by atoms with Crippen LogP contribution in [0.3, 0.4) is 0 Å². The quantitative estimate of drug-likeness (QED) is 0.391. The molecule has 0 saturated carbocycles. The molecular weight excluding hydrogens is 469 g/mol. The number of carbonyl (C=O) groups excluding carboxylic acids is 1. The molecule has 3 aromatic rings. The molecular formula is C24H21F3N2O4S. The summed E-state index contributed by atoms with van der Waals surface area (Å²) in [6.45, 7) is 1.37. The molecule has 10 heteroatoms. The molecule has 0 N–H and O–H groups in total. The lowest BCUT2D eigenvalue weighted by atomic mass is 10.0. The van der Waals surface area contributed by atoms with Gasteiger partial charge in [0.2, 0.25) is 10.0 Å². The number of hydrogen-bond acceptors (Lipinski definition) is 5. The molecule has 6 nitrogen and oxygen atoms in total. The number of rotatable bonds is 5. The van der Waals surface area contributed by atoms with Gasteiger partial charge in [-0.1, -0.05) is 12.1 Å².